The molecular weight excluding hydrogens is 342 g/mol. The van der Waals surface area contributed by atoms with Crippen molar-refractivity contribution >= 4 is 5.91 Å². The van der Waals surface area contributed by atoms with Gasteiger partial charge in [0.1, 0.15) is 5.75 Å². The van der Waals surface area contributed by atoms with Gasteiger partial charge in [-0.05, 0) is 36.2 Å². The van der Waals surface area contributed by atoms with Gasteiger partial charge in [0.05, 0.1) is 19.6 Å². The maximum Gasteiger partial charge on any atom is 0.246 e. The fourth-order valence-corrected chi connectivity index (χ4v) is 2.96. The number of nitrogens with zero attached hydrogens (tertiary/aromatic N) is 3. The molecule has 0 radical (unpaired) electrons. The van der Waals surface area contributed by atoms with Gasteiger partial charge in [-0.2, -0.15) is 4.98 Å². The van der Waals surface area contributed by atoms with Crippen molar-refractivity contribution in [3.05, 3.63) is 66.1 Å². The first kappa shape index (κ1) is 18.6. The predicted octanol–water partition coefficient (Wildman–Crippen LogP) is 3.90. The topological polar surface area (TPSA) is 68.5 Å². The second-order valence-electron chi connectivity index (χ2n) is 6.31. The molecule has 27 heavy (non-hydrogen) atoms. The first-order chi connectivity index (χ1) is 13.1. The Kier molecular flexibility index (Phi) is 5.86. The number of likely N-dealkylation sites (N-methyl/N-ethyl adjacent to an activating group) is 1. The number of hydrogen-bond donors (Lipinski definition) is 0. The third-order valence-electron chi connectivity index (χ3n) is 4.47. The molecule has 2 aromatic carbocycles. The van der Waals surface area contributed by atoms with Crippen molar-refractivity contribution in [2.24, 2.45) is 0 Å². The maximum absolute atomic E-state index is 12.8. The summed E-state index contributed by atoms with van der Waals surface area (Å²) in [7, 11) is 3.37. The Labute approximate surface area is 158 Å². The van der Waals surface area contributed by atoms with Gasteiger partial charge in [0.15, 0.2) is 0 Å². The molecule has 6 heteroatoms. The molecule has 0 spiro atoms. The lowest BCUT2D eigenvalue weighted by atomic mass is 9.95. The number of methoxy groups -OCH3 is 1. The summed E-state index contributed by atoms with van der Waals surface area (Å²) in [4.78, 5) is 18.9. The summed E-state index contributed by atoms with van der Waals surface area (Å²) >= 11 is 0. The Morgan fingerprint density at radius 3 is 2.48 bits per heavy atom. The fraction of sp³-hybridized carbons (Fsp3) is 0.286. The number of carbonyl (C=O) groups is 1. The minimum Gasteiger partial charge on any atom is -0.497 e. The zero-order chi connectivity index (χ0) is 19.2. The molecule has 3 rings (SSSR count). The van der Waals surface area contributed by atoms with Gasteiger partial charge in [-0.15, -0.1) is 0 Å². The molecule has 0 aliphatic heterocycles. The van der Waals surface area contributed by atoms with Crippen molar-refractivity contribution in [2.75, 3.05) is 14.2 Å². The van der Waals surface area contributed by atoms with Crippen LogP contribution in [0.15, 0.2) is 59.1 Å². The fourth-order valence-electron chi connectivity index (χ4n) is 2.96. The second-order valence-corrected chi connectivity index (χ2v) is 6.31. The van der Waals surface area contributed by atoms with E-state index >= 15 is 0 Å². The number of benzene rings is 2. The van der Waals surface area contributed by atoms with Crippen LogP contribution in [-0.2, 0) is 11.3 Å². The van der Waals surface area contributed by atoms with E-state index in [1.807, 2.05) is 61.5 Å². The zero-order valence-electron chi connectivity index (χ0n) is 15.8. The van der Waals surface area contributed by atoms with Crippen LogP contribution in [0.5, 0.6) is 5.75 Å². The van der Waals surface area contributed by atoms with Gasteiger partial charge in [-0.1, -0.05) is 42.4 Å². The van der Waals surface area contributed by atoms with Crippen LogP contribution in [-0.4, -0.2) is 35.1 Å². The molecule has 0 aliphatic rings. The SMILES string of the molecule is CC[C@@H](C(=O)N(C)Cc1nc(-c2ccc(OC)cc2)no1)c1ccccc1. The van der Waals surface area contributed by atoms with Crippen LogP contribution < -0.4 is 4.74 Å². The molecule has 6 nitrogen and oxygen atoms in total. The number of amides is 1. The van der Waals surface area contributed by atoms with Gasteiger partial charge in [0.2, 0.25) is 17.6 Å². The highest BCUT2D eigenvalue weighted by Crippen LogP contribution is 2.23. The summed E-state index contributed by atoms with van der Waals surface area (Å²) in [5.74, 6) is 1.51. The number of carbonyl (C=O) groups excluding carboxylic acids is 1. The van der Waals surface area contributed by atoms with Gasteiger partial charge >= 0.3 is 0 Å². The molecule has 0 saturated heterocycles. The third-order valence-corrected chi connectivity index (χ3v) is 4.47. The minimum atomic E-state index is -0.180. The Balaban J connectivity index is 1.69. The molecule has 0 saturated carbocycles. The van der Waals surface area contributed by atoms with Crippen molar-refractivity contribution in [1.29, 1.82) is 0 Å². The Hall–Kier alpha value is -3.15. The molecule has 0 fully saturated rings. The van der Waals surface area contributed by atoms with Crippen molar-refractivity contribution in [3.8, 4) is 17.1 Å². The lowest BCUT2D eigenvalue weighted by Gasteiger charge is -2.22. The van der Waals surface area contributed by atoms with E-state index in [9.17, 15) is 4.79 Å². The highest BCUT2D eigenvalue weighted by molar-refractivity contribution is 5.83. The normalized spacial score (nSPS) is 11.8. The van der Waals surface area contributed by atoms with Gasteiger partial charge in [-0.3, -0.25) is 4.79 Å². The van der Waals surface area contributed by atoms with Crippen LogP contribution in [0.25, 0.3) is 11.4 Å². The minimum absolute atomic E-state index is 0.0351. The van der Waals surface area contributed by atoms with Crippen molar-refractivity contribution in [1.82, 2.24) is 15.0 Å². The second kappa shape index (κ2) is 8.49. The first-order valence-electron chi connectivity index (χ1n) is 8.89. The van der Waals surface area contributed by atoms with E-state index in [1.165, 1.54) is 0 Å². The Morgan fingerprint density at radius 2 is 1.85 bits per heavy atom. The van der Waals surface area contributed by atoms with Crippen molar-refractivity contribution in [3.63, 3.8) is 0 Å². The van der Waals surface area contributed by atoms with Crippen LogP contribution in [0.1, 0.15) is 30.7 Å². The zero-order valence-corrected chi connectivity index (χ0v) is 15.8. The molecule has 1 atom stereocenters. The standard InChI is InChI=1S/C21H23N3O3/c1-4-18(15-8-6-5-7-9-15)21(25)24(2)14-19-22-20(23-27-19)16-10-12-17(26-3)13-11-16/h5-13,18H,4,14H2,1-3H3/t18-/m1/s1. The van der Waals surface area contributed by atoms with Crippen LogP contribution in [0.3, 0.4) is 0 Å². The molecule has 3 aromatic rings. The van der Waals surface area contributed by atoms with Crippen LogP contribution in [0.4, 0.5) is 0 Å². The molecule has 1 amide bonds. The van der Waals surface area contributed by atoms with Gasteiger partial charge in [0, 0.05) is 12.6 Å². The monoisotopic (exact) mass is 365 g/mol. The molecule has 0 unspecified atom stereocenters. The quantitative estimate of drug-likeness (QED) is 0.635. The first-order valence-corrected chi connectivity index (χ1v) is 8.89. The number of rotatable bonds is 7. The summed E-state index contributed by atoms with van der Waals surface area (Å²) in [6.07, 6.45) is 0.730. The van der Waals surface area contributed by atoms with Crippen LogP contribution in [0.2, 0.25) is 0 Å². The number of ether oxygens (including phenoxy) is 1. The smallest absolute Gasteiger partial charge is 0.246 e. The van der Waals surface area contributed by atoms with E-state index in [4.69, 9.17) is 9.26 Å². The van der Waals surface area contributed by atoms with Gasteiger partial charge < -0.3 is 14.2 Å². The molecule has 0 bridgehead atoms. The molecule has 140 valence electrons. The largest absolute Gasteiger partial charge is 0.497 e. The Morgan fingerprint density at radius 1 is 1.15 bits per heavy atom. The third kappa shape index (κ3) is 4.34. The average Bonchev–Trinajstić information content (AvgIpc) is 3.17. The predicted molar refractivity (Wildman–Crippen MR) is 102 cm³/mol. The molecular formula is C21H23N3O3. The van der Waals surface area contributed by atoms with E-state index in [-0.39, 0.29) is 18.4 Å². The van der Waals surface area contributed by atoms with Crippen LogP contribution in [0, 0.1) is 0 Å². The van der Waals surface area contributed by atoms with E-state index in [0.717, 1.165) is 23.3 Å². The highest BCUT2D eigenvalue weighted by atomic mass is 16.5. The number of aromatic nitrogens is 2. The van der Waals surface area contributed by atoms with Crippen molar-refractivity contribution < 1.29 is 14.1 Å². The van der Waals surface area contributed by atoms with E-state index in [2.05, 4.69) is 10.1 Å². The van der Waals surface area contributed by atoms with E-state index in [0.29, 0.717) is 11.7 Å². The average molecular weight is 365 g/mol. The van der Waals surface area contributed by atoms with Gasteiger partial charge in [-0.25, -0.2) is 0 Å². The van der Waals surface area contributed by atoms with E-state index < -0.39 is 0 Å². The highest BCUT2D eigenvalue weighted by Gasteiger charge is 2.23. The van der Waals surface area contributed by atoms with Crippen LogP contribution >= 0.6 is 0 Å². The lowest BCUT2D eigenvalue weighted by molar-refractivity contribution is -0.132. The Bertz CT molecular complexity index is 875. The molecule has 0 N–H and O–H groups in total. The van der Waals surface area contributed by atoms with E-state index in [1.54, 1.807) is 19.1 Å². The molecule has 0 aliphatic carbocycles. The molecule has 1 heterocycles. The maximum atomic E-state index is 12.8. The molecule has 1 aromatic heterocycles. The summed E-state index contributed by atoms with van der Waals surface area (Å²) in [5, 5.41) is 4.01. The summed E-state index contributed by atoms with van der Waals surface area (Å²) in [5.41, 5.74) is 1.84. The van der Waals surface area contributed by atoms with Gasteiger partial charge in [0.25, 0.3) is 0 Å². The number of hydrogen-bond acceptors (Lipinski definition) is 5. The summed E-state index contributed by atoms with van der Waals surface area (Å²) in [6.45, 7) is 2.28. The summed E-state index contributed by atoms with van der Waals surface area (Å²) in [6, 6.07) is 17.2. The summed E-state index contributed by atoms with van der Waals surface area (Å²) < 4.78 is 10.5. The van der Waals surface area contributed by atoms with Crippen molar-refractivity contribution in [2.45, 2.75) is 25.8 Å². The lowest BCUT2D eigenvalue weighted by Crippen LogP contribution is -2.31.